The molecule has 19 heavy (non-hydrogen) atoms. The van der Waals surface area contributed by atoms with E-state index in [1.54, 1.807) is 12.1 Å². The van der Waals surface area contributed by atoms with Gasteiger partial charge < -0.3 is 10.1 Å². The van der Waals surface area contributed by atoms with E-state index in [1.807, 2.05) is 6.92 Å². The van der Waals surface area contributed by atoms with Crippen molar-refractivity contribution in [1.82, 2.24) is 10.3 Å². The molecule has 1 N–H and O–H groups in total. The summed E-state index contributed by atoms with van der Waals surface area (Å²) in [6.07, 6.45) is 3.53. The molecular formula is C14H17ClN2O2. The van der Waals surface area contributed by atoms with Gasteiger partial charge in [0.1, 0.15) is 5.15 Å². The first-order valence-electron chi connectivity index (χ1n) is 6.70. The molecule has 2 fully saturated rings. The van der Waals surface area contributed by atoms with Gasteiger partial charge in [0.05, 0.1) is 12.1 Å². The molecule has 1 amide bonds. The van der Waals surface area contributed by atoms with Crippen molar-refractivity contribution in [3.05, 3.63) is 28.5 Å². The van der Waals surface area contributed by atoms with Crippen LogP contribution in [0.25, 0.3) is 0 Å². The molecule has 5 heteroatoms. The molecule has 2 unspecified atom stereocenters. The summed E-state index contributed by atoms with van der Waals surface area (Å²) in [6, 6.07) is 3.49. The Bertz CT molecular complexity index is 482. The zero-order chi connectivity index (χ0) is 13.4. The van der Waals surface area contributed by atoms with E-state index < -0.39 is 0 Å². The Morgan fingerprint density at radius 2 is 2.21 bits per heavy atom. The zero-order valence-corrected chi connectivity index (χ0v) is 11.6. The van der Waals surface area contributed by atoms with Crippen molar-refractivity contribution >= 4 is 17.5 Å². The molecule has 0 radical (unpaired) electrons. The quantitative estimate of drug-likeness (QED) is 0.865. The van der Waals surface area contributed by atoms with Crippen LogP contribution in [0.2, 0.25) is 5.15 Å². The van der Waals surface area contributed by atoms with Crippen molar-refractivity contribution in [2.24, 2.45) is 5.92 Å². The summed E-state index contributed by atoms with van der Waals surface area (Å²) in [6.45, 7) is 2.57. The highest BCUT2D eigenvalue weighted by molar-refractivity contribution is 6.29. The average molecular weight is 281 g/mol. The molecule has 102 valence electrons. The highest BCUT2D eigenvalue weighted by atomic mass is 35.5. The third-order valence-corrected chi connectivity index (χ3v) is 3.92. The Kier molecular flexibility index (Phi) is 3.46. The largest absolute Gasteiger partial charge is 0.376 e. The lowest BCUT2D eigenvalue weighted by molar-refractivity contribution is 0.0729. The molecule has 1 aromatic heterocycles. The number of carbonyl (C=O) groups excluding carboxylic acids is 1. The maximum atomic E-state index is 12.2. The van der Waals surface area contributed by atoms with Crippen LogP contribution in [-0.2, 0) is 4.74 Å². The third kappa shape index (κ3) is 2.90. The second-order valence-corrected chi connectivity index (χ2v) is 5.75. The molecule has 1 aromatic rings. The lowest BCUT2D eigenvalue weighted by atomic mass is 10.1. The number of hydrogen-bond donors (Lipinski definition) is 1. The predicted octanol–water partition coefficient (Wildman–Crippen LogP) is 2.34. The molecule has 2 atom stereocenters. The maximum absolute atomic E-state index is 12.2. The van der Waals surface area contributed by atoms with Crippen LogP contribution in [-0.4, -0.2) is 29.6 Å². The lowest BCUT2D eigenvalue weighted by Gasteiger charge is -2.19. The molecule has 1 saturated heterocycles. The summed E-state index contributed by atoms with van der Waals surface area (Å²) < 4.78 is 5.72. The van der Waals surface area contributed by atoms with Gasteiger partial charge in [0.2, 0.25) is 0 Å². The molecule has 0 aromatic carbocycles. The van der Waals surface area contributed by atoms with E-state index in [-0.39, 0.29) is 18.1 Å². The van der Waals surface area contributed by atoms with E-state index in [2.05, 4.69) is 10.3 Å². The van der Waals surface area contributed by atoms with Crippen LogP contribution >= 0.6 is 11.6 Å². The molecule has 1 aliphatic carbocycles. The number of rotatable bonds is 3. The second kappa shape index (κ2) is 5.10. The number of nitrogens with zero attached hydrogens (tertiary/aromatic N) is 1. The van der Waals surface area contributed by atoms with Gasteiger partial charge in [-0.15, -0.1) is 0 Å². The van der Waals surface area contributed by atoms with Gasteiger partial charge in [-0.3, -0.25) is 4.79 Å². The minimum absolute atomic E-state index is 0.0893. The van der Waals surface area contributed by atoms with Gasteiger partial charge in [-0.1, -0.05) is 11.6 Å². The van der Waals surface area contributed by atoms with E-state index in [0.717, 1.165) is 18.7 Å². The molecule has 1 saturated carbocycles. The lowest BCUT2D eigenvalue weighted by Crippen LogP contribution is -2.41. The highest BCUT2D eigenvalue weighted by Gasteiger charge is 2.41. The second-order valence-electron chi connectivity index (χ2n) is 5.36. The molecule has 0 bridgehead atoms. The fourth-order valence-electron chi connectivity index (χ4n) is 2.67. The molecule has 3 rings (SSSR count). The van der Waals surface area contributed by atoms with Gasteiger partial charge in [0, 0.05) is 17.9 Å². The van der Waals surface area contributed by atoms with Crippen LogP contribution in [0.3, 0.4) is 0 Å². The van der Waals surface area contributed by atoms with Crippen molar-refractivity contribution in [3.63, 3.8) is 0 Å². The smallest absolute Gasteiger partial charge is 0.251 e. The first-order valence-corrected chi connectivity index (χ1v) is 7.08. The zero-order valence-electron chi connectivity index (χ0n) is 10.9. The molecular weight excluding hydrogens is 264 g/mol. The van der Waals surface area contributed by atoms with Gasteiger partial charge in [-0.25, -0.2) is 4.98 Å². The number of aromatic nitrogens is 1. The fraction of sp³-hybridized carbons (Fsp3) is 0.571. The molecule has 0 spiro atoms. The van der Waals surface area contributed by atoms with Gasteiger partial charge in [0.25, 0.3) is 5.91 Å². The monoisotopic (exact) mass is 280 g/mol. The van der Waals surface area contributed by atoms with Crippen LogP contribution in [0.15, 0.2) is 12.1 Å². The summed E-state index contributed by atoms with van der Waals surface area (Å²) in [5, 5.41) is 3.42. The first-order chi connectivity index (χ1) is 9.13. The van der Waals surface area contributed by atoms with E-state index in [9.17, 15) is 4.79 Å². The average Bonchev–Trinajstić information content (AvgIpc) is 3.09. The van der Waals surface area contributed by atoms with Crippen molar-refractivity contribution < 1.29 is 9.53 Å². The van der Waals surface area contributed by atoms with Crippen molar-refractivity contribution in [1.29, 1.82) is 0 Å². The Morgan fingerprint density at radius 3 is 2.89 bits per heavy atom. The van der Waals surface area contributed by atoms with Crippen molar-refractivity contribution in [3.8, 4) is 0 Å². The Labute approximate surface area is 117 Å². The van der Waals surface area contributed by atoms with Gasteiger partial charge in [-0.05, 0) is 44.2 Å². The van der Waals surface area contributed by atoms with Crippen LogP contribution in [0.5, 0.6) is 0 Å². The number of hydrogen-bond acceptors (Lipinski definition) is 3. The van der Waals surface area contributed by atoms with E-state index in [1.165, 1.54) is 12.8 Å². The summed E-state index contributed by atoms with van der Waals surface area (Å²) in [4.78, 5) is 16.3. The minimum Gasteiger partial charge on any atom is -0.376 e. The Morgan fingerprint density at radius 1 is 1.42 bits per heavy atom. The number of pyridine rings is 1. The Balaban J connectivity index is 1.70. The van der Waals surface area contributed by atoms with E-state index in [4.69, 9.17) is 16.3 Å². The molecule has 1 aliphatic heterocycles. The van der Waals surface area contributed by atoms with Gasteiger partial charge >= 0.3 is 0 Å². The normalized spacial score (nSPS) is 26.4. The number of ether oxygens (including phenoxy) is 1. The van der Waals surface area contributed by atoms with Crippen molar-refractivity contribution in [2.45, 2.75) is 38.3 Å². The van der Waals surface area contributed by atoms with Crippen molar-refractivity contribution in [2.75, 3.05) is 6.61 Å². The molecule has 2 heterocycles. The molecule has 2 aliphatic rings. The number of amides is 1. The standard InChI is InChI=1S/C14H17ClN2O2/c1-8-6-10(7-12(15)16-8)14(18)17-11-4-5-19-13(11)9-2-3-9/h6-7,9,11,13H,2-5H2,1H3,(H,17,18). The number of carbonyl (C=O) groups is 1. The van der Waals surface area contributed by atoms with Gasteiger partial charge in [0.15, 0.2) is 0 Å². The van der Waals surface area contributed by atoms with Crippen LogP contribution in [0, 0.1) is 12.8 Å². The van der Waals surface area contributed by atoms with Crippen LogP contribution < -0.4 is 5.32 Å². The number of halogens is 1. The van der Waals surface area contributed by atoms with Crippen LogP contribution in [0.4, 0.5) is 0 Å². The Hall–Kier alpha value is -1.13. The summed E-state index contributed by atoms with van der Waals surface area (Å²) in [7, 11) is 0. The topological polar surface area (TPSA) is 51.2 Å². The predicted molar refractivity (Wildman–Crippen MR) is 72.3 cm³/mol. The first kappa shape index (κ1) is 12.9. The van der Waals surface area contributed by atoms with E-state index >= 15 is 0 Å². The van der Waals surface area contributed by atoms with Gasteiger partial charge in [-0.2, -0.15) is 0 Å². The maximum Gasteiger partial charge on any atom is 0.251 e. The molecule has 4 nitrogen and oxygen atoms in total. The number of nitrogens with one attached hydrogen (secondary N) is 1. The third-order valence-electron chi connectivity index (χ3n) is 3.72. The SMILES string of the molecule is Cc1cc(C(=O)NC2CCOC2C2CC2)cc(Cl)n1. The van der Waals surface area contributed by atoms with E-state index in [0.29, 0.717) is 16.6 Å². The fourth-order valence-corrected chi connectivity index (χ4v) is 2.92. The summed E-state index contributed by atoms with van der Waals surface area (Å²) >= 11 is 5.88. The summed E-state index contributed by atoms with van der Waals surface area (Å²) in [5.41, 5.74) is 1.32. The minimum atomic E-state index is -0.0893. The highest BCUT2D eigenvalue weighted by Crippen LogP contribution is 2.38. The van der Waals surface area contributed by atoms with Crippen LogP contribution in [0.1, 0.15) is 35.3 Å². The number of aryl methyl sites for hydroxylation is 1. The summed E-state index contributed by atoms with van der Waals surface area (Å²) in [5.74, 6) is 0.545.